The molecule has 0 spiro atoms. The minimum Gasteiger partial charge on any atom is -0.664 e. The van der Waals surface area contributed by atoms with Gasteiger partial charge in [-0.05, 0) is 23.6 Å². The van der Waals surface area contributed by atoms with E-state index >= 15 is 0 Å². The zero-order valence-corrected chi connectivity index (χ0v) is 9.70. The zero-order valence-electron chi connectivity index (χ0n) is 7.70. The molecule has 0 amide bonds. The van der Waals surface area contributed by atoms with Crippen LogP contribution in [0.1, 0.15) is 25.3 Å². The Bertz CT molecular complexity index is 218. The van der Waals surface area contributed by atoms with Gasteiger partial charge >= 0.3 is 29.6 Å². The molecule has 60 valence electrons. The minimum atomic E-state index is 0. The quantitative estimate of drug-likeness (QED) is 0.309. The third-order valence-corrected chi connectivity index (χ3v) is 1.64. The Morgan fingerprint density at radius 2 is 1.67 bits per heavy atom. The molecule has 0 aliphatic heterocycles. The van der Waals surface area contributed by atoms with Gasteiger partial charge in [-0.3, -0.25) is 0 Å². The summed E-state index contributed by atoms with van der Waals surface area (Å²) in [5, 5.41) is 9.91. The SMILES string of the molecule is CC(C)c1ccc(O[O-])cc1.[Na+]. The van der Waals surface area contributed by atoms with Gasteiger partial charge in [0.1, 0.15) is 5.75 Å². The van der Waals surface area contributed by atoms with Gasteiger partial charge in [-0.2, -0.15) is 0 Å². The molecule has 2 nitrogen and oxygen atoms in total. The molecular formula is C9H11NaO2. The van der Waals surface area contributed by atoms with Crippen molar-refractivity contribution in [1.29, 1.82) is 0 Å². The van der Waals surface area contributed by atoms with Crippen LogP contribution in [0.4, 0.5) is 0 Å². The van der Waals surface area contributed by atoms with E-state index in [4.69, 9.17) is 0 Å². The predicted octanol–water partition coefficient (Wildman–Crippen LogP) is -1.53. The Hall–Kier alpha value is -0.0200. The fourth-order valence-electron chi connectivity index (χ4n) is 0.908. The van der Waals surface area contributed by atoms with Crippen LogP contribution >= 0.6 is 0 Å². The summed E-state index contributed by atoms with van der Waals surface area (Å²) in [7, 11) is 0. The molecule has 0 fully saturated rings. The summed E-state index contributed by atoms with van der Waals surface area (Å²) >= 11 is 0. The predicted molar refractivity (Wildman–Crippen MR) is 41.2 cm³/mol. The zero-order chi connectivity index (χ0) is 8.27. The van der Waals surface area contributed by atoms with Crippen LogP contribution in [-0.2, 0) is 0 Å². The van der Waals surface area contributed by atoms with Crippen molar-refractivity contribution in [1.82, 2.24) is 0 Å². The van der Waals surface area contributed by atoms with Crippen LogP contribution in [0.25, 0.3) is 0 Å². The van der Waals surface area contributed by atoms with E-state index in [9.17, 15) is 5.26 Å². The van der Waals surface area contributed by atoms with Crippen molar-refractivity contribution in [2.75, 3.05) is 0 Å². The van der Waals surface area contributed by atoms with Gasteiger partial charge in [0.15, 0.2) is 0 Å². The van der Waals surface area contributed by atoms with E-state index in [-0.39, 0.29) is 29.6 Å². The topological polar surface area (TPSA) is 32.3 Å². The fraction of sp³-hybridized carbons (Fsp3) is 0.333. The Morgan fingerprint density at radius 3 is 2.00 bits per heavy atom. The third kappa shape index (κ3) is 3.15. The minimum absolute atomic E-state index is 0. The maximum atomic E-state index is 9.91. The van der Waals surface area contributed by atoms with Crippen LogP contribution in [0.3, 0.4) is 0 Å². The van der Waals surface area contributed by atoms with Crippen molar-refractivity contribution in [2.24, 2.45) is 0 Å². The van der Waals surface area contributed by atoms with E-state index in [0.29, 0.717) is 11.7 Å². The first kappa shape index (κ1) is 12.0. The van der Waals surface area contributed by atoms with E-state index in [0.717, 1.165) is 0 Å². The van der Waals surface area contributed by atoms with Crippen LogP contribution in [0, 0.1) is 0 Å². The molecule has 0 atom stereocenters. The maximum Gasteiger partial charge on any atom is 1.00 e. The van der Waals surface area contributed by atoms with E-state index in [1.54, 1.807) is 12.1 Å². The summed E-state index contributed by atoms with van der Waals surface area (Å²) < 4.78 is 0. The summed E-state index contributed by atoms with van der Waals surface area (Å²) in [4.78, 5) is 3.80. The molecule has 0 saturated heterocycles. The summed E-state index contributed by atoms with van der Waals surface area (Å²) in [5.74, 6) is 0.866. The van der Waals surface area contributed by atoms with Crippen molar-refractivity contribution < 1.29 is 39.7 Å². The molecular weight excluding hydrogens is 163 g/mol. The fourth-order valence-corrected chi connectivity index (χ4v) is 0.908. The Balaban J connectivity index is 0.00000121. The molecule has 0 aromatic heterocycles. The Labute approximate surface area is 94.8 Å². The third-order valence-electron chi connectivity index (χ3n) is 1.64. The van der Waals surface area contributed by atoms with Gasteiger partial charge in [-0.15, -0.1) is 0 Å². The van der Waals surface area contributed by atoms with Crippen LogP contribution < -0.4 is 39.7 Å². The molecule has 0 aliphatic rings. The van der Waals surface area contributed by atoms with Crippen LogP contribution in [0.2, 0.25) is 0 Å². The smallest absolute Gasteiger partial charge is 0.664 e. The van der Waals surface area contributed by atoms with Crippen molar-refractivity contribution in [3.63, 3.8) is 0 Å². The summed E-state index contributed by atoms with van der Waals surface area (Å²) in [6.07, 6.45) is 0. The second kappa shape index (κ2) is 5.60. The molecule has 0 unspecified atom stereocenters. The van der Waals surface area contributed by atoms with E-state index in [1.165, 1.54) is 5.56 Å². The molecule has 1 aromatic carbocycles. The number of rotatable bonds is 2. The second-order valence-electron chi connectivity index (χ2n) is 2.81. The molecule has 1 rings (SSSR count). The first-order valence-electron chi connectivity index (χ1n) is 3.64. The van der Waals surface area contributed by atoms with Crippen molar-refractivity contribution in [3.05, 3.63) is 29.8 Å². The molecule has 0 radical (unpaired) electrons. The van der Waals surface area contributed by atoms with Crippen molar-refractivity contribution in [2.45, 2.75) is 19.8 Å². The first-order valence-corrected chi connectivity index (χ1v) is 3.64. The summed E-state index contributed by atoms with van der Waals surface area (Å²) in [6.45, 7) is 4.21. The van der Waals surface area contributed by atoms with Crippen LogP contribution in [0.15, 0.2) is 24.3 Å². The second-order valence-corrected chi connectivity index (χ2v) is 2.81. The standard InChI is InChI=1S/C9H12O2.Na/c1-7(2)8-3-5-9(11-10)6-4-8;/h3-7,10H,1-2H3;/q;+1/p-1. The van der Waals surface area contributed by atoms with E-state index < -0.39 is 0 Å². The average Bonchev–Trinajstić information content (AvgIpc) is 2.05. The maximum absolute atomic E-state index is 9.91. The first-order chi connectivity index (χ1) is 5.24. The van der Waals surface area contributed by atoms with Gasteiger partial charge in [-0.25, -0.2) is 0 Å². The van der Waals surface area contributed by atoms with Crippen molar-refractivity contribution in [3.8, 4) is 5.75 Å². The van der Waals surface area contributed by atoms with Crippen molar-refractivity contribution >= 4 is 0 Å². The Morgan fingerprint density at radius 1 is 1.17 bits per heavy atom. The number of hydrogen-bond acceptors (Lipinski definition) is 2. The Kier molecular flexibility index (Phi) is 5.59. The molecule has 0 saturated carbocycles. The molecule has 3 heteroatoms. The largest absolute Gasteiger partial charge is 1.00 e. The molecule has 0 aliphatic carbocycles. The molecule has 0 heterocycles. The van der Waals surface area contributed by atoms with Gasteiger partial charge in [0.2, 0.25) is 0 Å². The number of benzene rings is 1. The average molecular weight is 174 g/mol. The molecule has 0 N–H and O–H groups in total. The van der Waals surface area contributed by atoms with Crippen LogP contribution in [-0.4, -0.2) is 0 Å². The number of hydrogen-bond donors (Lipinski definition) is 0. The van der Waals surface area contributed by atoms with Gasteiger partial charge in [0.05, 0.1) is 0 Å². The van der Waals surface area contributed by atoms with Gasteiger partial charge in [-0.1, -0.05) is 26.0 Å². The van der Waals surface area contributed by atoms with Crippen LogP contribution in [0.5, 0.6) is 5.75 Å². The molecule has 1 aromatic rings. The monoisotopic (exact) mass is 174 g/mol. The van der Waals surface area contributed by atoms with Gasteiger partial charge < -0.3 is 10.1 Å². The molecule has 0 bridgehead atoms. The molecule has 12 heavy (non-hydrogen) atoms. The van der Waals surface area contributed by atoms with Gasteiger partial charge in [0, 0.05) is 0 Å². The van der Waals surface area contributed by atoms with E-state index in [1.807, 2.05) is 12.1 Å². The van der Waals surface area contributed by atoms with Gasteiger partial charge in [0.25, 0.3) is 0 Å². The van der Waals surface area contributed by atoms with E-state index in [2.05, 4.69) is 18.7 Å². The summed E-state index contributed by atoms with van der Waals surface area (Å²) in [5.41, 5.74) is 1.21. The summed E-state index contributed by atoms with van der Waals surface area (Å²) in [6, 6.07) is 7.17. The normalized spacial score (nSPS) is 9.33.